The highest BCUT2D eigenvalue weighted by molar-refractivity contribution is 5.32. The van der Waals surface area contributed by atoms with Crippen molar-refractivity contribution in [1.82, 2.24) is 0 Å². The molecule has 0 heterocycles. The SMILES string of the molecule is C#CC12CC3(C)CC(C)(C1)CC(C14CC5CC(C)(C1)CC(C16CC7(C)CC(C)(CC(C#C)(C7)C1)C6)(C5)C4)(C3)C2. The van der Waals surface area contributed by atoms with Crippen LogP contribution in [0.2, 0.25) is 0 Å². The molecule has 39 heavy (non-hydrogen) atoms. The van der Waals surface area contributed by atoms with Crippen molar-refractivity contribution in [3.8, 4) is 24.7 Å². The van der Waals surface area contributed by atoms with Gasteiger partial charge in [0.1, 0.15) is 0 Å². The van der Waals surface area contributed by atoms with E-state index < -0.39 is 0 Å². The Morgan fingerprint density at radius 3 is 1.08 bits per heavy atom. The second-order valence-corrected chi connectivity index (χ2v) is 21.2. The van der Waals surface area contributed by atoms with Crippen LogP contribution in [0.15, 0.2) is 0 Å². The summed E-state index contributed by atoms with van der Waals surface area (Å²) in [4.78, 5) is 0. The molecule has 0 heteroatoms. The van der Waals surface area contributed by atoms with Gasteiger partial charge in [-0.15, -0.1) is 12.8 Å². The Morgan fingerprint density at radius 2 is 0.744 bits per heavy atom. The lowest BCUT2D eigenvalue weighted by Gasteiger charge is -2.82. The van der Waals surface area contributed by atoms with E-state index >= 15 is 0 Å². The second kappa shape index (κ2) is 6.24. The van der Waals surface area contributed by atoms with E-state index in [9.17, 15) is 0 Å². The van der Waals surface area contributed by atoms with Crippen LogP contribution >= 0.6 is 0 Å². The zero-order chi connectivity index (χ0) is 27.2. The van der Waals surface area contributed by atoms with Gasteiger partial charge in [0.05, 0.1) is 0 Å². The summed E-state index contributed by atoms with van der Waals surface area (Å²) < 4.78 is 0. The molecule has 0 spiro atoms. The van der Waals surface area contributed by atoms with Gasteiger partial charge in [0.25, 0.3) is 0 Å². The van der Waals surface area contributed by atoms with Gasteiger partial charge in [-0.05, 0) is 170 Å². The molecule has 210 valence electrons. The van der Waals surface area contributed by atoms with Gasteiger partial charge < -0.3 is 0 Å². The highest BCUT2D eigenvalue weighted by Crippen LogP contribution is 2.88. The molecular weight excluding hydrogens is 468 g/mol. The van der Waals surface area contributed by atoms with Crippen molar-refractivity contribution in [3.05, 3.63) is 0 Å². The molecule has 12 saturated carbocycles. The number of terminal acetylenes is 2. The van der Waals surface area contributed by atoms with Crippen LogP contribution in [0.3, 0.4) is 0 Å². The van der Waals surface area contributed by atoms with E-state index in [1.54, 1.807) is 0 Å². The van der Waals surface area contributed by atoms with Crippen LogP contribution in [-0.4, -0.2) is 0 Å². The molecule has 12 bridgehead atoms. The van der Waals surface area contributed by atoms with E-state index in [2.05, 4.69) is 46.5 Å². The van der Waals surface area contributed by atoms with E-state index in [0.717, 1.165) is 5.92 Å². The Morgan fingerprint density at radius 1 is 0.385 bits per heavy atom. The predicted octanol–water partition coefficient (Wildman–Crippen LogP) is 9.96. The van der Waals surface area contributed by atoms with Crippen molar-refractivity contribution in [2.75, 3.05) is 0 Å². The first-order valence-electron chi connectivity index (χ1n) is 17.0. The van der Waals surface area contributed by atoms with Gasteiger partial charge in [-0.1, -0.05) is 46.5 Å². The lowest BCUT2D eigenvalue weighted by molar-refractivity contribution is -0.317. The molecule has 0 aliphatic heterocycles. The van der Waals surface area contributed by atoms with Crippen LogP contribution in [0.5, 0.6) is 0 Å². The smallest absolute Gasteiger partial charge is 0.0328 e. The maximum absolute atomic E-state index is 6.54. The molecule has 12 rings (SSSR count). The third-order valence-electron chi connectivity index (χ3n) is 16.4. The Kier molecular flexibility index (Phi) is 3.95. The van der Waals surface area contributed by atoms with Gasteiger partial charge >= 0.3 is 0 Å². The minimum absolute atomic E-state index is 0.171. The van der Waals surface area contributed by atoms with Gasteiger partial charge in [-0.2, -0.15) is 0 Å². The Hall–Kier alpha value is -0.880. The van der Waals surface area contributed by atoms with Gasteiger partial charge in [-0.25, -0.2) is 0 Å². The first-order valence-corrected chi connectivity index (χ1v) is 17.0. The van der Waals surface area contributed by atoms with Crippen molar-refractivity contribution in [2.24, 2.45) is 65.5 Å². The van der Waals surface area contributed by atoms with Crippen molar-refractivity contribution >= 4 is 0 Å². The zero-order valence-corrected chi connectivity index (χ0v) is 26.0. The standard InChI is InChI=1S/C39H54/c1-8-34-15-30(4)13-31(5,16-34)22-38(21-30,25-34)36-11-28-10-29(3,19-36)20-37(12-28,27-36)39-23-32(6)14-33(7,24-39)18-35(9-2,17-32)26-39/h1-2,28H,10-27H2,3-7H3. The van der Waals surface area contributed by atoms with Crippen LogP contribution in [0.1, 0.15) is 150 Å². The average molecular weight is 523 g/mol. The first kappa shape index (κ1) is 24.7. The highest BCUT2D eigenvalue weighted by atomic mass is 14.8. The van der Waals surface area contributed by atoms with E-state index in [1.165, 1.54) is 116 Å². The largest absolute Gasteiger partial charge is 0.120 e. The third kappa shape index (κ3) is 2.79. The maximum Gasteiger partial charge on any atom is 0.0328 e. The van der Waals surface area contributed by atoms with Crippen molar-refractivity contribution in [1.29, 1.82) is 0 Å². The second-order valence-electron chi connectivity index (χ2n) is 21.2. The van der Waals surface area contributed by atoms with Gasteiger partial charge in [0.2, 0.25) is 0 Å². The third-order valence-corrected chi connectivity index (χ3v) is 16.4. The van der Waals surface area contributed by atoms with Gasteiger partial charge in [-0.3, -0.25) is 0 Å². The van der Waals surface area contributed by atoms with Crippen LogP contribution in [0, 0.1) is 90.2 Å². The number of hydrogen-bond donors (Lipinski definition) is 0. The summed E-state index contributed by atoms with van der Waals surface area (Å²) in [5.41, 5.74) is 4.70. The summed E-state index contributed by atoms with van der Waals surface area (Å²) in [5, 5.41) is 0. The Balaban J connectivity index is 1.21. The Labute approximate surface area is 240 Å². The van der Waals surface area contributed by atoms with Crippen LogP contribution in [-0.2, 0) is 0 Å². The molecule has 0 amide bonds. The van der Waals surface area contributed by atoms with Gasteiger partial charge in [0.15, 0.2) is 0 Å². The van der Waals surface area contributed by atoms with E-state index in [-0.39, 0.29) is 10.8 Å². The molecular formula is C39H54. The fourth-order valence-electron chi connectivity index (χ4n) is 18.9. The molecule has 0 N–H and O–H groups in total. The Bertz CT molecular complexity index is 1150. The zero-order valence-electron chi connectivity index (χ0n) is 26.0. The van der Waals surface area contributed by atoms with Crippen LogP contribution < -0.4 is 0 Å². The lowest BCUT2D eigenvalue weighted by Crippen LogP contribution is -2.73. The monoisotopic (exact) mass is 522 g/mol. The van der Waals surface area contributed by atoms with E-state index in [1.807, 2.05) is 0 Å². The summed E-state index contributed by atoms with van der Waals surface area (Å²) in [6, 6.07) is 0. The maximum atomic E-state index is 6.54. The van der Waals surface area contributed by atoms with E-state index in [0.29, 0.717) is 48.7 Å². The fraction of sp³-hybridized carbons (Fsp3) is 0.897. The molecule has 0 saturated heterocycles. The molecule has 0 radical (unpaired) electrons. The van der Waals surface area contributed by atoms with Crippen molar-refractivity contribution in [3.63, 3.8) is 0 Å². The fourth-order valence-corrected chi connectivity index (χ4v) is 18.9. The molecule has 12 aliphatic rings. The molecule has 0 aromatic rings. The molecule has 12 fully saturated rings. The first-order chi connectivity index (χ1) is 18.0. The normalized spacial score (nSPS) is 68.6. The minimum atomic E-state index is 0.171. The minimum Gasteiger partial charge on any atom is -0.120 e. The molecule has 6 atom stereocenters. The summed E-state index contributed by atoms with van der Waals surface area (Å²) in [7, 11) is 0. The van der Waals surface area contributed by atoms with Crippen molar-refractivity contribution in [2.45, 2.75) is 150 Å². The van der Waals surface area contributed by atoms with Crippen molar-refractivity contribution < 1.29 is 0 Å². The molecule has 6 unspecified atom stereocenters. The average Bonchev–Trinajstić information content (AvgIpc) is 2.72. The summed E-state index contributed by atoms with van der Waals surface area (Å²) >= 11 is 0. The quantitative estimate of drug-likeness (QED) is 0.316. The summed E-state index contributed by atoms with van der Waals surface area (Å²) in [6.07, 6.45) is 38.9. The summed E-state index contributed by atoms with van der Waals surface area (Å²) in [6.45, 7) is 13.4. The molecule has 0 aromatic heterocycles. The topological polar surface area (TPSA) is 0 Å². The van der Waals surface area contributed by atoms with Crippen LogP contribution in [0.4, 0.5) is 0 Å². The predicted molar refractivity (Wildman–Crippen MR) is 159 cm³/mol. The number of rotatable bonds is 2. The molecule has 0 aromatic carbocycles. The van der Waals surface area contributed by atoms with E-state index in [4.69, 9.17) is 12.8 Å². The van der Waals surface area contributed by atoms with Crippen LogP contribution in [0.25, 0.3) is 0 Å². The lowest BCUT2D eigenvalue weighted by atomic mass is 9.22. The molecule has 0 nitrogen and oxygen atoms in total. The van der Waals surface area contributed by atoms with Gasteiger partial charge in [0, 0.05) is 10.8 Å². The highest BCUT2D eigenvalue weighted by Gasteiger charge is 2.79. The summed E-state index contributed by atoms with van der Waals surface area (Å²) in [5.74, 6) is 8.03. The molecule has 12 aliphatic carbocycles. The number of hydrogen-bond acceptors (Lipinski definition) is 0.